The highest BCUT2D eigenvalue weighted by Gasteiger charge is 2.32. The van der Waals surface area contributed by atoms with Crippen molar-refractivity contribution in [3.05, 3.63) is 23.5 Å². The number of hydrogen-bond donors (Lipinski definition) is 2. The number of piperazine rings is 1. The number of aryl methyl sites for hydroxylation is 1. The number of rotatable bonds is 2. The standard InChI is InChI=1S/C13H18N4O2/c1-3-11-12(18)15-4-5-17(11)13(19)9-7-16-8(2)6-10(9)14/h6-7,11H,3-5H2,1-2H3,(H2,14,16)(H,15,18). The van der Waals surface area contributed by atoms with Crippen molar-refractivity contribution in [2.75, 3.05) is 18.8 Å². The van der Waals surface area contributed by atoms with Crippen molar-refractivity contribution in [3.8, 4) is 0 Å². The van der Waals surface area contributed by atoms with Gasteiger partial charge < -0.3 is 16.0 Å². The molecule has 1 aromatic rings. The molecule has 0 aliphatic carbocycles. The summed E-state index contributed by atoms with van der Waals surface area (Å²) in [6.45, 7) is 4.66. The van der Waals surface area contributed by atoms with Crippen molar-refractivity contribution < 1.29 is 9.59 Å². The van der Waals surface area contributed by atoms with Gasteiger partial charge >= 0.3 is 0 Å². The molecule has 1 aliphatic heterocycles. The lowest BCUT2D eigenvalue weighted by atomic mass is 10.1. The van der Waals surface area contributed by atoms with E-state index in [-0.39, 0.29) is 11.8 Å². The van der Waals surface area contributed by atoms with Crippen LogP contribution < -0.4 is 11.1 Å². The summed E-state index contributed by atoms with van der Waals surface area (Å²) in [6.07, 6.45) is 2.06. The molecule has 6 nitrogen and oxygen atoms in total. The van der Waals surface area contributed by atoms with Crippen molar-refractivity contribution in [2.45, 2.75) is 26.3 Å². The molecular formula is C13H18N4O2. The van der Waals surface area contributed by atoms with Gasteiger partial charge in [-0.1, -0.05) is 6.92 Å². The second-order valence-corrected chi connectivity index (χ2v) is 4.63. The molecule has 6 heteroatoms. The molecule has 102 valence electrons. The van der Waals surface area contributed by atoms with E-state index < -0.39 is 6.04 Å². The fourth-order valence-electron chi connectivity index (χ4n) is 2.28. The van der Waals surface area contributed by atoms with Crippen LogP contribution in [0.15, 0.2) is 12.3 Å². The van der Waals surface area contributed by atoms with E-state index in [0.29, 0.717) is 30.8 Å². The van der Waals surface area contributed by atoms with Gasteiger partial charge in [0.1, 0.15) is 6.04 Å². The van der Waals surface area contributed by atoms with Crippen LogP contribution in [-0.4, -0.2) is 40.8 Å². The predicted octanol–water partition coefficient (Wildman–Crippen LogP) is 0.323. The van der Waals surface area contributed by atoms with Crippen LogP contribution in [0.4, 0.5) is 5.69 Å². The van der Waals surface area contributed by atoms with Gasteiger partial charge in [-0.2, -0.15) is 0 Å². The molecule has 1 fully saturated rings. The fraction of sp³-hybridized carbons (Fsp3) is 0.462. The highest BCUT2D eigenvalue weighted by atomic mass is 16.2. The van der Waals surface area contributed by atoms with Crippen molar-refractivity contribution in [2.24, 2.45) is 0 Å². The number of carbonyl (C=O) groups excluding carboxylic acids is 2. The minimum absolute atomic E-state index is 0.110. The van der Waals surface area contributed by atoms with Crippen LogP contribution in [0.5, 0.6) is 0 Å². The maximum absolute atomic E-state index is 12.5. The van der Waals surface area contributed by atoms with Crippen LogP contribution in [-0.2, 0) is 4.79 Å². The zero-order valence-corrected chi connectivity index (χ0v) is 11.1. The molecule has 2 heterocycles. The Labute approximate surface area is 112 Å². The lowest BCUT2D eigenvalue weighted by molar-refractivity contribution is -0.127. The maximum Gasteiger partial charge on any atom is 0.258 e. The van der Waals surface area contributed by atoms with Gasteiger partial charge in [0, 0.05) is 30.7 Å². The smallest absolute Gasteiger partial charge is 0.258 e. The second-order valence-electron chi connectivity index (χ2n) is 4.63. The van der Waals surface area contributed by atoms with Crippen molar-refractivity contribution in [3.63, 3.8) is 0 Å². The third-order valence-electron chi connectivity index (χ3n) is 3.28. The molecule has 2 rings (SSSR count). The molecule has 3 N–H and O–H groups in total. The SMILES string of the molecule is CCC1C(=O)NCCN1C(=O)c1cnc(C)cc1N. The van der Waals surface area contributed by atoms with Gasteiger partial charge in [-0.05, 0) is 19.4 Å². The molecule has 2 amide bonds. The van der Waals surface area contributed by atoms with Gasteiger partial charge in [0.05, 0.1) is 5.56 Å². The Bertz CT molecular complexity index is 515. The summed E-state index contributed by atoms with van der Waals surface area (Å²) in [4.78, 5) is 29.9. The molecule has 1 unspecified atom stereocenters. The van der Waals surface area contributed by atoms with E-state index in [1.54, 1.807) is 11.0 Å². The summed E-state index contributed by atoms with van der Waals surface area (Å²) in [5.74, 6) is -0.340. The van der Waals surface area contributed by atoms with Crippen LogP contribution in [0.25, 0.3) is 0 Å². The molecule has 0 spiro atoms. The number of carbonyl (C=O) groups is 2. The Morgan fingerprint density at radius 3 is 3.00 bits per heavy atom. The van der Waals surface area contributed by atoms with Crippen LogP contribution in [0.3, 0.4) is 0 Å². The average Bonchev–Trinajstić information content (AvgIpc) is 2.37. The number of nitrogens with zero attached hydrogens (tertiary/aromatic N) is 2. The highest BCUT2D eigenvalue weighted by Crippen LogP contribution is 2.18. The number of pyridine rings is 1. The quantitative estimate of drug-likeness (QED) is 0.803. The summed E-state index contributed by atoms with van der Waals surface area (Å²) >= 11 is 0. The molecular weight excluding hydrogens is 244 g/mol. The zero-order chi connectivity index (χ0) is 14.0. The molecule has 0 saturated carbocycles. The minimum atomic E-state index is -0.429. The number of anilines is 1. The topological polar surface area (TPSA) is 88.3 Å². The van der Waals surface area contributed by atoms with E-state index >= 15 is 0 Å². The summed E-state index contributed by atoms with van der Waals surface area (Å²) in [5, 5.41) is 2.76. The summed E-state index contributed by atoms with van der Waals surface area (Å²) < 4.78 is 0. The number of nitrogens with one attached hydrogen (secondary N) is 1. The molecule has 1 saturated heterocycles. The Hall–Kier alpha value is -2.11. The number of aromatic nitrogens is 1. The van der Waals surface area contributed by atoms with Crippen LogP contribution in [0.1, 0.15) is 29.4 Å². The van der Waals surface area contributed by atoms with Crippen LogP contribution in [0.2, 0.25) is 0 Å². The molecule has 19 heavy (non-hydrogen) atoms. The highest BCUT2D eigenvalue weighted by molar-refractivity contribution is 6.01. The monoisotopic (exact) mass is 262 g/mol. The predicted molar refractivity (Wildman–Crippen MR) is 71.5 cm³/mol. The van der Waals surface area contributed by atoms with Crippen LogP contribution in [0, 0.1) is 6.92 Å². The van der Waals surface area contributed by atoms with Gasteiger partial charge in [-0.3, -0.25) is 14.6 Å². The van der Waals surface area contributed by atoms with E-state index in [2.05, 4.69) is 10.3 Å². The Balaban J connectivity index is 2.29. The maximum atomic E-state index is 12.5. The lowest BCUT2D eigenvalue weighted by Gasteiger charge is -2.34. The third kappa shape index (κ3) is 2.52. The Morgan fingerprint density at radius 1 is 1.63 bits per heavy atom. The molecule has 0 radical (unpaired) electrons. The van der Waals surface area contributed by atoms with Gasteiger partial charge in [0.25, 0.3) is 5.91 Å². The Kier molecular flexibility index (Phi) is 3.69. The third-order valence-corrected chi connectivity index (χ3v) is 3.28. The second kappa shape index (κ2) is 5.26. The fourth-order valence-corrected chi connectivity index (χ4v) is 2.28. The lowest BCUT2D eigenvalue weighted by Crippen LogP contribution is -2.57. The summed E-state index contributed by atoms with van der Waals surface area (Å²) in [5.41, 5.74) is 7.39. The van der Waals surface area contributed by atoms with E-state index in [4.69, 9.17) is 5.73 Å². The summed E-state index contributed by atoms with van der Waals surface area (Å²) in [6, 6.07) is 1.24. The van der Waals surface area contributed by atoms with E-state index in [1.807, 2.05) is 13.8 Å². The van der Waals surface area contributed by atoms with Gasteiger partial charge in [-0.15, -0.1) is 0 Å². The van der Waals surface area contributed by atoms with Crippen molar-refractivity contribution in [1.29, 1.82) is 0 Å². The van der Waals surface area contributed by atoms with E-state index in [0.717, 1.165) is 5.69 Å². The molecule has 1 aromatic heterocycles. The zero-order valence-electron chi connectivity index (χ0n) is 11.1. The largest absolute Gasteiger partial charge is 0.398 e. The van der Waals surface area contributed by atoms with E-state index in [1.165, 1.54) is 6.20 Å². The first-order chi connectivity index (χ1) is 9.04. The Morgan fingerprint density at radius 2 is 2.37 bits per heavy atom. The molecule has 0 bridgehead atoms. The van der Waals surface area contributed by atoms with Gasteiger partial charge in [-0.25, -0.2) is 0 Å². The number of nitrogen functional groups attached to an aromatic ring is 1. The van der Waals surface area contributed by atoms with Crippen LogP contribution >= 0.6 is 0 Å². The number of hydrogen-bond acceptors (Lipinski definition) is 4. The molecule has 1 aliphatic rings. The van der Waals surface area contributed by atoms with Gasteiger partial charge in [0.2, 0.25) is 5.91 Å². The average molecular weight is 262 g/mol. The normalized spacial score (nSPS) is 19.2. The number of amides is 2. The molecule has 1 atom stereocenters. The van der Waals surface area contributed by atoms with E-state index in [9.17, 15) is 9.59 Å². The van der Waals surface area contributed by atoms with Crippen molar-refractivity contribution in [1.82, 2.24) is 15.2 Å². The first kappa shape index (κ1) is 13.3. The van der Waals surface area contributed by atoms with Gasteiger partial charge in [0.15, 0.2) is 0 Å². The minimum Gasteiger partial charge on any atom is -0.398 e. The summed E-state index contributed by atoms with van der Waals surface area (Å²) in [7, 11) is 0. The number of nitrogens with two attached hydrogens (primary N) is 1. The van der Waals surface area contributed by atoms with Crippen molar-refractivity contribution >= 4 is 17.5 Å². The first-order valence-corrected chi connectivity index (χ1v) is 6.35. The first-order valence-electron chi connectivity index (χ1n) is 6.35. The molecule has 0 aromatic carbocycles.